The second-order valence-corrected chi connectivity index (χ2v) is 6.89. The van der Waals surface area contributed by atoms with E-state index in [-0.39, 0.29) is 16.3 Å². The molecule has 0 atom stereocenters. The van der Waals surface area contributed by atoms with Crippen molar-refractivity contribution in [2.75, 3.05) is 26.1 Å². The lowest BCUT2D eigenvalue weighted by atomic mass is 10.3. The maximum atomic E-state index is 12.7. The number of aromatic nitrogens is 1. The number of hydrogen-bond acceptors (Lipinski definition) is 6. The van der Waals surface area contributed by atoms with Crippen LogP contribution in [0.3, 0.4) is 0 Å². The standard InChI is InChI=1S/C16H20N2O6S/c1-10-15(9-14(18(10)2)16(19)24-5)25(20,21)17-11-6-12(22-3)8-13(7-11)23-4/h6-9,17H,1-5H3. The monoisotopic (exact) mass is 368 g/mol. The van der Waals surface area contributed by atoms with Crippen LogP contribution in [0.5, 0.6) is 11.5 Å². The fourth-order valence-corrected chi connectivity index (χ4v) is 3.65. The van der Waals surface area contributed by atoms with Gasteiger partial charge < -0.3 is 18.8 Å². The van der Waals surface area contributed by atoms with Gasteiger partial charge in [-0.2, -0.15) is 0 Å². The molecule has 25 heavy (non-hydrogen) atoms. The van der Waals surface area contributed by atoms with Crippen molar-refractivity contribution in [1.82, 2.24) is 4.57 Å². The normalized spacial score (nSPS) is 11.1. The highest BCUT2D eigenvalue weighted by Gasteiger charge is 2.25. The summed E-state index contributed by atoms with van der Waals surface area (Å²) in [5.41, 5.74) is 0.824. The number of nitrogens with zero attached hydrogens (tertiary/aromatic N) is 1. The van der Waals surface area contributed by atoms with E-state index in [0.29, 0.717) is 17.2 Å². The van der Waals surface area contributed by atoms with Crippen LogP contribution in [0.4, 0.5) is 5.69 Å². The van der Waals surface area contributed by atoms with Crippen LogP contribution in [0.15, 0.2) is 29.2 Å². The van der Waals surface area contributed by atoms with E-state index in [1.54, 1.807) is 20.0 Å². The smallest absolute Gasteiger partial charge is 0.354 e. The van der Waals surface area contributed by atoms with Crippen molar-refractivity contribution in [3.05, 3.63) is 35.7 Å². The van der Waals surface area contributed by atoms with Gasteiger partial charge in [0.25, 0.3) is 10.0 Å². The summed E-state index contributed by atoms with van der Waals surface area (Å²) in [6, 6.07) is 5.96. The molecule has 8 nitrogen and oxygen atoms in total. The molecule has 0 spiro atoms. The predicted octanol–water partition coefficient (Wildman–Crippen LogP) is 1.94. The number of anilines is 1. The third kappa shape index (κ3) is 3.71. The summed E-state index contributed by atoms with van der Waals surface area (Å²) in [6.45, 7) is 1.60. The maximum absolute atomic E-state index is 12.7. The lowest BCUT2D eigenvalue weighted by Gasteiger charge is -2.11. The quantitative estimate of drug-likeness (QED) is 0.783. The van der Waals surface area contributed by atoms with Crippen molar-refractivity contribution in [2.45, 2.75) is 11.8 Å². The molecule has 0 aliphatic heterocycles. The lowest BCUT2D eigenvalue weighted by Crippen LogP contribution is -2.14. The summed E-state index contributed by atoms with van der Waals surface area (Å²) in [5, 5.41) is 0. The summed E-state index contributed by atoms with van der Waals surface area (Å²) in [6.07, 6.45) is 0. The van der Waals surface area contributed by atoms with E-state index in [1.165, 1.54) is 44.1 Å². The molecule has 0 bridgehead atoms. The number of methoxy groups -OCH3 is 3. The zero-order chi connectivity index (χ0) is 18.8. The Balaban J connectivity index is 2.45. The van der Waals surface area contributed by atoms with Gasteiger partial charge >= 0.3 is 5.97 Å². The average molecular weight is 368 g/mol. The minimum atomic E-state index is -3.93. The van der Waals surface area contributed by atoms with E-state index in [9.17, 15) is 13.2 Å². The zero-order valence-corrected chi connectivity index (χ0v) is 15.4. The molecule has 0 amide bonds. The second-order valence-electron chi connectivity index (χ2n) is 5.24. The SMILES string of the molecule is COC(=O)c1cc(S(=O)(=O)Nc2cc(OC)cc(OC)c2)c(C)n1C. The number of carbonyl (C=O) groups excluding carboxylic acids is 1. The van der Waals surface area contributed by atoms with Gasteiger partial charge in [-0.15, -0.1) is 0 Å². The summed E-state index contributed by atoms with van der Waals surface area (Å²) >= 11 is 0. The number of carbonyl (C=O) groups is 1. The Kier molecular flexibility index (Phi) is 5.27. The molecule has 0 unspecified atom stereocenters. The van der Waals surface area contributed by atoms with E-state index in [2.05, 4.69) is 9.46 Å². The van der Waals surface area contributed by atoms with Crippen LogP contribution in [0.2, 0.25) is 0 Å². The van der Waals surface area contributed by atoms with Crippen LogP contribution in [0.1, 0.15) is 16.2 Å². The number of esters is 1. The fourth-order valence-electron chi connectivity index (χ4n) is 2.32. The summed E-state index contributed by atoms with van der Waals surface area (Å²) in [5.74, 6) is 0.268. The minimum absolute atomic E-state index is 0.0165. The number of rotatable bonds is 6. The van der Waals surface area contributed by atoms with Crippen molar-refractivity contribution in [2.24, 2.45) is 7.05 Å². The van der Waals surface area contributed by atoms with Crippen LogP contribution < -0.4 is 14.2 Å². The highest BCUT2D eigenvalue weighted by atomic mass is 32.2. The maximum Gasteiger partial charge on any atom is 0.354 e. The van der Waals surface area contributed by atoms with Gasteiger partial charge in [0.2, 0.25) is 0 Å². The Morgan fingerprint density at radius 1 is 1.04 bits per heavy atom. The minimum Gasteiger partial charge on any atom is -0.497 e. The third-order valence-electron chi connectivity index (χ3n) is 3.78. The molecule has 2 aromatic rings. The molecular formula is C16H20N2O6S. The highest BCUT2D eigenvalue weighted by Crippen LogP contribution is 2.29. The molecule has 0 saturated heterocycles. The van der Waals surface area contributed by atoms with Gasteiger partial charge in [0.05, 0.1) is 27.0 Å². The van der Waals surface area contributed by atoms with Gasteiger partial charge in [-0.3, -0.25) is 4.72 Å². The first-order valence-electron chi connectivity index (χ1n) is 7.24. The predicted molar refractivity (Wildman–Crippen MR) is 91.8 cm³/mol. The topological polar surface area (TPSA) is 95.9 Å². The fraction of sp³-hybridized carbons (Fsp3) is 0.312. The molecule has 0 fully saturated rings. The van der Waals surface area contributed by atoms with Crippen LogP contribution in [-0.2, 0) is 21.8 Å². The molecule has 1 N–H and O–H groups in total. The first kappa shape index (κ1) is 18.7. The van der Waals surface area contributed by atoms with Gasteiger partial charge in [0.1, 0.15) is 22.1 Å². The number of nitrogens with one attached hydrogen (secondary N) is 1. The van der Waals surface area contributed by atoms with Crippen molar-refractivity contribution < 1.29 is 27.4 Å². The molecule has 0 radical (unpaired) electrons. The third-order valence-corrected chi connectivity index (χ3v) is 5.27. The first-order valence-corrected chi connectivity index (χ1v) is 8.72. The van der Waals surface area contributed by atoms with Crippen LogP contribution in [0.25, 0.3) is 0 Å². The molecule has 0 aliphatic carbocycles. The molecule has 0 saturated carbocycles. The second kappa shape index (κ2) is 7.06. The molecular weight excluding hydrogens is 348 g/mol. The highest BCUT2D eigenvalue weighted by molar-refractivity contribution is 7.92. The van der Waals surface area contributed by atoms with Gasteiger partial charge in [0, 0.05) is 30.9 Å². The van der Waals surface area contributed by atoms with Crippen LogP contribution >= 0.6 is 0 Å². The van der Waals surface area contributed by atoms with E-state index in [4.69, 9.17) is 9.47 Å². The van der Waals surface area contributed by atoms with Crippen LogP contribution in [-0.4, -0.2) is 40.3 Å². The van der Waals surface area contributed by atoms with E-state index >= 15 is 0 Å². The Hall–Kier alpha value is -2.68. The van der Waals surface area contributed by atoms with E-state index < -0.39 is 16.0 Å². The number of benzene rings is 1. The number of hydrogen-bond donors (Lipinski definition) is 1. The molecule has 1 heterocycles. The zero-order valence-electron chi connectivity index (χ0n) is 14.6. The summed E-state index contributed by atoms with van der Waals surface area (Å²) in [7, 11) is 1.84. The first-order chi connectivity index (χ1) is 11.7. The van der Waals surface area contributed by atoms with Crippen molar-refractivity contribution in [3.63, 3.8) is 0 Å². The van der Waals surface area contributed by atoms with Gasteiger partial charge in [-0.1, -0.05) is 0 Å². The largest absolute Gasteiger partial charge is 0.497 e. The van der Waals surface area contributed by atoms with Crippen molar-refractivity contribution in [3.8, 4) is 11.5 Å². The summed E-state index contributed by atoms with van der Waals surface area (Å²) < 4.78 is 44.3. The number of sulfonamides is 1. The molecule has 2 rings (SSSR count). The Morgan fingerprint density at radius 2 is 1.60 bits per heavy atom. The lowest BCUT2D eigenvalue weighted by molar-refractivity contribution is 0.0589. The number of ether oxygens (including phenoxy) is 3. The molecule has 1 aromatic carbocycles. The van der Waals surface area contributed by atoms with E-state index in [0.717, 1.165) is 0 Å². The van der Waals surface area contributed by atoms with Gasteiger partial charge in [0.15, 0.2) is 0 Å². The van der Waals surface area contributed by atoms with Gasteiger partial charge in [-0.05, 0) is 13.0 Å². The van der Waals surface area contributed by atoms with Gasteiger partial charge in [-0.25, -0.2) is 13.2 Å². The Morgan fingerprint density at radius 3 is 2.08 bits per heavy atom. The molecule has 136 valence electrons. The Bertz CT molecular complexity index is 879. The molecule has 9 heteroatoms. The van der Waals surface area contributed by atoms with Crippen LogP contribution in [0, 0.1) is 6.92 Å². The van der Waals surface area contributed by atoms with Crippen molar-refractivity contribution in [1.29, 1.82) is 0 Å². The summed E-state index contributed by atoms with van der Waals surface area (Å²) in [4.78, 5) is 11.7. The molecule has 1 aromatic heterocycles. The molecule has 0 aliphatic rings. The Labute approximate surface area is 146 Å². The average Bonchev–Trinajstić information content (AvgIpc) is 2.89. The van der Waals surface area contributed by atoms with Crippen molar-refractivity contribution >= 4 is 21.7 Å². The van der Waals surface area contributed by atoms with E-state index in [1.807, 2.05) is 0 Å².